The predicted octanol–water partition coefficient (Wildman–Crippen LogP) is 2.45. The molecule has 1 aromatic carbocycles. The number of sulfonamides is 1. The summed E-state index contributed by atoms with van der Waals surface area (Å²) in [6, 6.07) is 6.60. The quantitative estimate of drug-likeness (QED) is 0.709. The second kappa shape index (κ2) is 7.50. The monoisotopic (exact) mass is 351 g/mol. The van der Waals surface area contributed by atoms with Gasteiger partial charge in [-0.3, -0.25) is 9.52 Å². The Morgan fingerprint density at radius 3 is 2.62 bits per heavy atom. The molecule has 4 N–H and O–H groups in total. The van der Waals surface area contributed by atoms with Crippen LogP contribution in [-0.4, -0.2) is 20.1 Å². The average molecular weight is 351 g/mol. The highest BCUT2D eigenvalue weighted by Crippen LogP contribution is 2.25. The summed E-state index contributed by atoms with van der Waals surface area (Å²) in [5.41, 5.74) is 7.40. The highest BCUT2D eigenvalue weighted by atomic mass is 32.2. The van der Waals surface area contributed by atoms with Crippen LogP contribution in [-0.2, 0) is 16.6 Å². The van der Waals surface area contributed by atoms with Gasteiger partial charge in [-0.2, -0.15) is 0 Å². The van der Waals surface area contributed by atoms with Crippen molar-refractivity contribution < 1.29 is 17.6 Å². The van der Waals surface area contributed by atoms with Crippen LogP contribution in [0.1, 0.15) is 35.0 Å². The minimum absolute atomic E-state index is 0.0416. The van der Waals surface area contributed by atoms with E-state index in [-0.39, 0.29) is 18.2 Å². The summed E-state index contributed by atoms with van der Waals surface area (Å²) in [6.45, 7) is 3.74. The second-order valence-corrected chi connectivity index (χ2v) is 7.20. The van der Waals surface area contributed by atoms with Gasteiger partial charge in [0.1, 0.15) is 12.0 Å². The third-order valence-electron chi connectivity index (χ3n) is 3.44. The molecule has 1 aromatic heterocycles. The standard InChI is InChI=1S/C16H21N3O4S/c1-3-7-24(21,22)19-15-6-4-5-14(11(15)2)18-16(20)12-8-13(9-17)23-10-12/h4-6,8,10,19H,3,7,9,17H2,1-2H3,(H,18,20). The number of rotatable bonds is 7. The molecular formula is C16H21N3O4S. The molecule has 0 aliphatic heterocycles. The van der Waals surface area contributed by atoms with Gasteiger partial charge in [0, 0.05) is 5.69 Å². The maximum atomic E-state index is 12.2. The van der Waals surface area contributed by atoms with Crippen LogP contribution in [0.3, 0.4) is 0 Å². The van der Waals surface area contributed by atoms with Crippen LogP contribution in [0.5, 0.6) is 0 Å². The molecule has 1 heterocycles. The first-order chi connectivity index (χ1) is 11.4. The van der Waals surface area contributed by atoms with E-state index >= 15 is 0 Å². The second-order valence-electron chi connectivity index (χ2n) is 5.36. The van der Waals surface area contributed by atoms with Crippen molar-refractivity contribution in [2.75, 3.05) is 15.8 Å². The molecule has 0 saturated heterocycles. The molecule has 0 radical (unpaired) electrons. The van der Waals surface area contributed by atoms with Crippen LogP contribution in [0, 0.1) is 6.92 Å². The number of nitrogens with two attached hydrogens (primary N) is 1. The molecule has 0 aliphatic rings. The summed E-state index contributed by atoms with van der Waals surface area (Å²) in [5, 5.41) is 2.75. The number of furan rings is 1. The zero-order chi connectivity index (χ0) is 17.7. The number of hydrogen-bond donors (Lipinski definition) is 3. The summed E-state index contributed by atoms with van der Waals surface area (Å²) in [6.07, 6.45) is 1.86. The predicted molar refractivity (Wildman–Crippen MR) is 93.4 cm³/mol. The smallest absolute Gasteiger partial charge is 0.258 e. The molecule has 130 valence electrons. The van der Waals surface area contributed by atoms with Gasteiger partial charge in [-0.25, -0.2) is 8.42 Å². The van der Waals surface area contributed by atoms with Crippen LogP contribution in [0.2, 0.25) is 0 Å². The third kappa shape index (κ3) is 4.36. The van der Waals surface area contributed by atoms with E-state index in [1.54, 1.807) is 38.1 Å². The average Bonchev–Trinajstić information content (AvgIpc) is 3.00. The third-order valence-corrected chi connectivity index (χ3v) is 4.91. The van der Waals surface area contributed by atoms with Crippen molar-refractivity contribution in [1.82, 2.24) is 0 Å². The largest absolute Gasteiger partial charge is 0.467 e. The molecule has 0 fully saturated rings. The summed E-state index contributed by atoms with van der Waals surface area (Å²) in [7, 11) is -3.40. The summed E-state index contributed by atoms with van der Waals surface area (Å²) < 4.78 is 31.5. The van der Waals surface area contributed by atoms with Crippen LogP contribution < -0.4 is 15.8 Å². The number of anilines is 2. The maximum Gasteiger partial charge on any atom is 0.258 e. The number of carbonyl (C=O) groups is 1. The van der Waals surface area contributed by atoms with Crippen molar-refractivity contribution in [2.45, 2.75) is 26.8 Å². The number of nitrogens with one attached hydrogen (secondary N) is 2. The SMILES string of the molecule is CCCS(=O)(=O)Nc1cccc(NC(=O)c2coc(CN)c2)c1C. The van der Waals surface area contributed by atoms with Gasteiger partial charge >= 0.3 is 0 Å². The molecular weight excluding hydrogens is 330 g/mol. The van der Waals surface area contributed by atoms with E-state index in [9.17, 15) is 13.2 Å². The van der Waals surface area contributed by atoms with Gasteiger partial charge in [0.15, 0.2) is 0 Å². The highest BCUT2D eigenvalue weighted by molar-refractivity contribution is 7.92. The molecule has 0 saturated carbocycles. The first-order valence-corrected chi connectivity index (χ1v) is 9.20. The van der Waals surface area contributed by atoms with Crippen LogP contribution in [0.15, 0.2) is 34.9 Å². The van der Waals surface area contributed by atoms with Crippen molar-refractivity contribution in [1.29, 1.82) is 0 Å². The molecule has 0 atom stereocenters. The highest BCUT2D eigenvalue weighted by Gasteiger charge is 2.15. The first kappa shape index (κ1) is 18.0. The molecule has 0 unspecified atom stereocenters. The van der Waals surface area contributed by atoms with Crippen LogP contribution >= 0.6 is 0 Å². The Kier molecular flexibility index (Phi) is 5.63. The Balaban J connectivity index is 2.19. The molecule has 0 spiro atoms. The van der Waals surface area contributed by atoms with E-state index in [2.05, 4.69) is 10.0 Å². The van der Waals surface area contributed by atoms with Crippen LogP contribution in [0.25, 0.3) is 0 Å². The number of benzene rings is 1. The molecule has 1 amide bonds. The Morgan fingerprint density at radius 1 is 1.29 bits per heavy atom. The molecule has 8 heteroatoms. The van der Waals surface area contributed by atoms with E-state index in [0.29, 0.717) is 34.7 Å². The van der Waals surface area contributed by atoms with E-state index in [1.807, 2.05) is 0 Å². The molecule has 7 nitrogen and oxygen atoms in total. The molecule has 0 bridgehead atoms. The number of carbonyl (C=O) groups excluding carboxylic acids is 1. The Labute approximate surface area is 141 Å². The Bertz CT molecular complexity index is 828. The number of hydrogen-bond acceptors (Lipinski definition) is 5. The van der Waals surface area contributed by atoms with Gasteiger partial charge < -0.3 is 15.5 Å². The molecule has 24 heavy (non-hydrogen) atoms. The van der Waals surface area contributed by atoms with Crippen molar-refractivity contribution in [3.05, 3.63) is 47.4 Å². The lowest BCUT2D eigenvalue weighted by Crippen LogP contribution is -2.18. The minimum atomic E-state index is -3.40. The summed E-state index contributed by atoms with van der Waals surface area (Å²) in [5.74, 6) is 0.202. The van der Waals surface area contributed by atoms with E-state index in [4.69, 9.17) is 10.2 Å². The van der Waals surface area contributed by atoms with Crippen molar-refractivity contribution in [2.24, 2.45) is 5.73 Å². The molecule has 0 aliphatic carbocycles. The fraction of sp³-hybridized carbons (Fsp3) is 0.312. The fourth-order valence-electron chi connectivity index (χ4n) is 2.17. The van der Waals surface area contributed by atoms with Gasteiger partial charge in [-0.1, -0.05) is 13.0 Å². The zero-order valence-electron chi connectivity index (χ0n) is 13.6. The molecule has 2 aromatic rings. The van der Waals surface area contributed by atoms with Gasteiger partial charge in [-0.05, 0) is 37.1 Å². The lowest BCUT2D eigenvalue weighted by molar-refractivity contribution is 0.102. The van der Waals surface area contributed by atoms with E-state index < -0.39 is 10.0 Å². The Hall–Kier alpha value is -2.32. The maximum absolute atomic E-state index is 12.2. The van der Waals surface area contributed by atoms with Gasteiger partial charge in [0.2, 0.25) is 10.0 Å². The van der Waals surface area contributed by atoms with Crippen molar-refractivity contribution in [3.8, 4) is 0 Å². The van der Waals surface area contributed by atoms with E-state index in [0.717, 1.165) is 0 Å². The van der Waals surface area contributed by atoms with Gasteiger partial charge in [0.25, 0.3) is 5.91 Å². The minimum Gasteiger partial charge on any atom is -0.467 e. The topological polar surface area (TPSA) is 114 Å². The number of amides is 1. The fourth-order valence-corrected chi connectivity index (χ4v) is 3.37. The van der Waals surface area contributed by atoms with Crippen molar-refractivity contribution >= 4 is 27.3 Å². The molecule has 2 rings (SSSR count). The van der Waals surface area contributed by atoms with Gasteiger partial charge in [0.05, 0.1) is 23.5 Å². The Morgan fingerprint density at radius 2 is 2.00 bits per heavy atom. The zero-order valence-corrected chi connectivity index (χ0v) is 14.4. The van der Waals surface area contributed by atoms with Crippen molar-refractivity contribution in [3.63, 3.8) is 0 Å². The first-order valence-electron chi connectivity index (χ1n) is 7.55. The lowest BCUT2D eigenvalue weighted by Gasteiger charge is -2.14. The normalized spacial score (nSPS) is 11.3. The van der Waals surface area contributed by atoms with Crippen LogP contribution in [0.4, 0.5) is 11.4 Å². The lowest BCUT2D eigenvalue weighted by atomic mass is 10.1. The van der Waals surface area contributed by atoms with E-state index in [1.165, 1.54) is 6.26 Å². The summed E-state index contributed by atoms with van der Waals surface area (Å²) >= 11 is 0. The van der Waals surface area contributed by atoms with Gasteiger partial charge in [-0.15, -0.1) is 0 Å². The summed E-state index contributed by atoms with van der Waals surface area (Å²) in [4.78, 5) is 12.2.